The molecule has 0 saturated heterocycles. The molecule has 2 rings (SSSR count). The second-order valence-electron chi connectivity index (χ2n) is 3.13. The molecule has 0 fully saturated rings. The lowest BCUT2D eigenvalue weighted by Gasteiger charge is -2.08. The van der Waals surface area contributed by atoms with Crippen LogP contribution in [0.4, 0.5) is 4.39 Å². The number of benzene rings is 1. The van der Waals surface area contributed by atoms with Crippen LogP contribution in [0.5, 0.6) is 0 Å². The van der Waals surface area contributed by atoms with Crippen molar-refractivity contribution < 1.29 is 4.39 Å². The van der Waals surface area contributed by atoms with Crippen LogP contribution in [-0.2, 0) is 5.88 Å². The van der Waals surface area contributed by atoms with Crippen molar-refractivity contribution in [2.45, 2.75) is 12.8 Å². The molecule has 3 nitrogen and oxygen atoms in total. The summed E-state index contributed by atoms with van der Waals surface area (Å²) in [7, 11) is 0. The topological polar surface area (TPSA) is 30.7 Å². The Morgan fingerprint density at radius 1 is 1.47 bits per heavy atom. The Bertz CT molecular complexity index is 481. The minimum Gasteiger partial charge on any atom is -0.284 e. The second-order valence-corrected chi connectivity index (χ2v) is 3.40. The number of nitrogens with zero attached hydrogens (tertiary/aromatic N) is 3. The maximum atomic E-state index is 13.3. The van der Waals surface area contributed by atoms with E-state index in [1.54, 1.807) is 23.6 Å². The molecular formula is C10H9ClFN3. The maximum absolute atomic E-state index is 13.3. The first-order valence-electron chi connectivity index (χ1n) is 4.44. The molecule has 5 heteroatoms. The fraction of sp³-hybridized carbons (Fsp3) is 0.200. The molecule has 2 aromatic rings. The molecule has 78 valence electrons. The van der Waals surface area contributed by atoms with Crippen LogP contribution in [0.25, 0.3) is 5.69 Å². The lowest BCUT2D eigenvalue weighted by atomic mass is 10.2. The first-order chi connectivity index (χ1) is 7.24. The van der Waals surface area contributed by atoms with Crippen molar-refractivity contribution in [2.24, 2.45) is 0 Å². The van der Waals surface area contributed by atoms with Crippen molar-refractivity contribution in [3.63, 3.8) is 0 Å². The maximum Gasteiger partial charge on any atom is 0.152 e. The van der Waals surface area contributed by atoms with E-state index in [1.165, 1.54) is 12.4 Å². The highest BCUT2D eigenvalue weighted by Gasteiger charge is 2.09. The van der Waals surface area contributed by atoms with E-state index < -0.39 is 0 Å². The van der Waals surface area contributed by atoms with Crippen molar-refractivity contribution in [1.29, 1.82) is 0 Å². The summed E-state index contributed by atoms with van der Waals surface area (Å²) in [6.07, 6.45) is 1.53. The molecule has 0 atom stereocenters. The van der Waals surface area contributed by atoms with Crippen molar-refractivity contribution in [1.82, 2.24) is 14.8 Å². The van der Waals surface area contributed by atoms with Gasteiger partial charge in [-0.3, -0.25) is 4.57 Å². The molecule has 1 heterocycles. The van der Waals surface area contributed by atoms with Crippen LogP contribution in [-0.4, -0.2) is 14.8 Å². The first kappa shape index (κ1) is 10.1. The Morgan fingerprint density at radius 2 is 2.27 bits per heavy atom. The monoisotopic (exact) mass is 225 g/mol. The molecule has 0 aliphatic carbocycles. The van der Waals surface area contributed by atoms with Gasteiger partial charge in [0, 0.05) is 5.56 Å². The summed E-state index contributed by atoms with van der Waals surface area (Å²) in [6.45, 7) is 1.71. The van der Waals surface area contributed by atoms with Crippen molar-refractivity contribution in [3.05, 3.63) is 41.7 Å². The van der Waals surface area contributed by atoms with Gasteiger partial charge in [0.25, 0.3) is 0 Å². The van der Waals surface area contributed by atoms with Gasteiger partial charge in [0.05, 0.1) is 11.6 Å². The van der Waals surface area contributed by atoms with Crippen molar-refractivity contribution in [2.75, 3.05) is 0 Å². The highest BCUT2D eigenvalue weighted by molar-refractivity contribution is 6.16. The highest BCUT2D eigenvalue weighted by Crippen LogP contribution is 2.18. The average molecular weight is 226 g/mol. The zero-order chi connectivity index (χ0) is 10.8. The fourth-order valence-electron chi connectivity index (χ4n) is 1.41. The molecule has 0 radical (unpaired) electrons. The molecule has 1 aromatic heterocycles. The Hall–Kier alpha value is -1.42. The predicted octanol–water partition coefficient (Wildman–Crippen LogP) is 2.45. The minimum absolute atomic E-state index is 0.246. The van der Waals surface area contributed by atoms with Crippen molar-refractivity contribution in [3.8, 4) is 5.69 Å². The second kappa shape index (κ2) is 3.98. The molecule has 0 aliphatic heterocycles. The Balaban J connectivity index is 2.59. The number of rotatable bonds is 2. The van der Waals surface area contributed by atoms with Crippen LogP contribution in [0, 0.1) is 12.7 Å². The minimum atomic E-state index is -0.248. The summed E-state index contributed by atoms with van der Waals surface area (Å²) >= 11 is 5.70. The van der Waals surface area contributed by atoms with Gasteiger partial charge in [-0.1, -0.05) is 6.07 Å². The average Bonchev–Trinajstić information content (AvgIpc) is 2.70. The van der Waals surface area contributed by atoms with E-state index in [9.17, 15) is 4.39 Å². The van der Waals surface area contributed by atoms with Crippen LogP contribution in [0.2, 0.25) is 0 Å². The molecule has 0 saturated carbocycles. The number of hydrogen-bond acceptors (Lipinski definition) is 2. The van der Waals surface area contributed by atoms with Gasteiger partial charge in [0.15, 0.2) is 5.82 Å². The van der Waals surface area contributed by atoms with Gasteiger partial charge < -0.3 is 0 Å². The standard InChI is InChI=1S/C10H9ClFN3/c1-7-8(12)3-2-4-9(7)15-6-13-14-10(15)5-11/h2-4,6H,5H2,1H3. The van der Waals surface area contributed by atoms with Crippen LogP contribution in [0.15, 0.2) is 24.5 Å². The summed E-state index contributed by atoms with van der Waals surface area (Å²) in [6, 6.07) is 4.87. The van der Waals surface area contributed by atoms with E-state index in [1.807, 2.05) is 0 Å². The number of aromatic nitrogens is 3. The smallest absolute Gasteiger partial charge is 0.152 e. The fourth-order valence-corrected chi connectivity index (χ4v) is 1.59. The SMILES string of the molecule is Cc1c(F)cccc1-n1cnnc1CCl. The third kappa shape index (κ3) is 1.72. The Morgan fingerprint density at radius 3 is 3.00 bits per heavy atom. The molecule has 0 amide bonds. The summed E-state index contributed by atoms with van der Waals surface area (Å²) < 4.78 is 15.0. The van der Waals surface area contributed by atoms with E-state index >= 15 is 0 Å². The lowest BCUT2D eigenvalue weighted by Crippen LogP contribution is -2.01. The van der Waals surface area contributed by atoms with Crippen LogP contribution < -0.4 is 0 Å². The third-order valence-corrected chi connectivity index (χ3v) is 2.48. The zero-order valence-corrected chi connectivity index (χ0v) is 8.87. The highest BCUT2D eigenvalue weighted by atomic mass is 35.5. The molecular weight excluding hydrogens is 217 g/mol. The Labute approximate surface area is 91.5 Å². The zero-order valence-electron chi connectivity index (χ0n) is 8.11. The predicted molar refractivity (Wildman–Crippen MR) is 55.6 cm³/mol. The van der Waals surface area contributed by atoms with E-state index in [0.717, 1.165) is 5.69 Å². The van der Waals surface area contributed by atoms with E-state index in [-0.39, 0.29) is 11.7 Å². The first-order valence-corrected chi connectivity index (χ1v) is 4.98. The molecule has 15 heavy (non-hydrogen) atoms. The largest absolute Gasteiger partial charge is 0.284 e. The molecule has 0 bridgehead atoms. The van der Waals surface area contributed by atoms with Crippen LogP contribution >= 0.6 is 11.6 Å². The van der Waals surface area contributed by atoms with Gasteiger partial charge in [-0.25, -0.2) is 4.39 Å². The summed E-state index contributed by atoms with van der Waals surface area (Å²) in [4.78, 5) is 0. The van der Waals surface area contributed by atoms with Gasteiger partial charge in [-0.2, -0.15) is 0 Å². The number of alkyl halides is 1. The van der Waals surface area contributed by atoms with Gasteiger partial charge in [-0.15, -0.1) is 21.8 Å². The van der Waals surface area contributed by atoms with Gasteiger partial charge in [-0.05, 0) is 19.1 Å². The van der Waals surface area contributed by atoms with E-state index in [0.29, 0.717) is 11.4 Å². The third-order valence-electron chi connectivity index (χ3n) is 2.24. The summed E-state index contributed by atoms with van der Waals surface area (Å²) in [5.41, 5.74) is 1.28. The van der Waals surface area contributed by atoms with E-state index in [2.05, 4.69) is 10.2 Å². The molecule has 0 N–H and O–H groups in total. The normalized spacial score (nSPS) is 10.6. The van der Waals surface area contributed by atoms with Crippen LogP contribution in [0.3, 0.4) is 0 Å². The lowest BCUT2D eigenvalue weighted by molar-refractivity contribution is 0.616. The van der Waals surface area contributed by atoms with Gasteiger partial charge in [0.2, 0.25) is 0 Å². The molecule has 0 unspecified atom stereocenters. The Kier molecular flexibility index (Phi) is 2.68. The van der Waals surface area contributed by atoms with E-state index in [4.69, 9.17) is 11.6 Å². The molecule has 0 aliphatic rings. The quantitative estimate of drug-likeness (QED) is 0.735. The summed E-state index contributed by atoms with van der Waals surface area (Å²) in [5.74, 6) is 0.600. The summed E-state index contributed by atoms with van der Waals surface area (Å²) in [5, 5.41) is 7.59. The number of hydrogen-bond donors (Lipinski definition) is 0. The van der Waals surface area contributed by atoms with Crippen molar-refractivity contribution >= 4 is 11.6 Å². The van der Waals surface area contributed by atoms with Gasteiger partial charge in [0.1, 0.15) is 12.1 Å². The van der Waals surface area contributed by atoms with Gasteiger partial charge >= 0.3 is 0 Å². The molecule has 0 spiro atoms. The van der Waals surface area contributed by atoms with Crippen LogP contribution in [0.1, 0.15) is 11.4 Å². The molecule has 1 aromatic carbocycles. The number of halogens is 2.